The van der Waals surface area contributed by atoms with Crippen LogP contribution in [-0.2, 0) is 65.4 Å². The average Bonchev–Trinajstić information content (AvgIpc) is 1.19. The van der Waals surface area contributed by atoms with Crippen LogP contribution < -0.4 is 0 Å². The lowest BCUT2D eigenvalue weighted by atomic mass is 10.0. The largest absolute Gasteiger partial charge is 0.472 e. The second kappa shape index (κ2) is 71.0. The van der Waals surface area contributed by atoms with Gasteiger partial charge in [0.25, 0.3) is 0 Å². The highest BCUT2D eigenvalue weighted by molar-refractivity contribution is 7.47. The number of carbonyl (C=O) groups is 4. The van der Waals surface area contributed by atoms with Gasteiger partial charge in [0.2, 0.25) is 0 Å². The van der Waals surface area contributed by atoms with Gasteiger partial charge >= 0.3 is 39.5 Å². The molecular formula is C77H146O17P2. The van der Waals surface area contributed by atoms with E-state index in [1.165, 1.54) is 180 Å². The molecule has 0 bridgehead atoms. The van der Waals surface area contributed by atoms with Gasteiger partial charge < -0.3 is 33.8 Å². The van der Waals surface area contributed by atoms with E-state index in [0.29, 0.717) is 25.7 Å². The Balaban J connectivity index is 5.30. The second-order valence-electron chi connectivity index (χ2n) is 27.0. The van der Waals surface area contributed by atoms with Crippen LogP contribution in [0.4, 0.5) is 0 Å². The van der Waals surface area contributed by atoms with Gasteiger partial charge in [-0.05, 0) is 77.0 Å². The lowest BCUT2D eigenvalue weighted by Gasteiger charge is -2.21. The third-order valence-electron chi connectivity index (χ3n) is 17.4. The Bertz CT molecular complexity index is 1920. The van der Waals surface area contributed by atoms with Crippen LogP contribution in [0.1, 0.15) is 387 Å². The maximum atomic E-state index is 13.1. The SMILES string of the molecule is CCCCCC/C=C\CCCCCCCCCC(=O)O[C@H](COC(=O)CCCCCCCCCCCCCCC)COP(=O)(O)OC[C@H](O)COP(=O)(O)OC[C@@H](COC(=O)CCCCCCCCCCCCCCC)OC(=O)CCCCCCC/C=C\CCCCCCCC. The zero-order chi connectivity index (χ0) is 70.4. The highest BCUT2D eigenvalue weighted by Crippen LogP contribution is 2.45. The zero-order valence-corrected chi connectivity index (χ0v) is 63.6. The summed E-state index contributed by atoms with van der Waals surface area (Å²) in [6, 6.07) is 0. The molecule has 2 unspecified atom stereocenters. The van der Waals surface area contributed by atoms with Gasteiger partial charge in [-0.1, -0.05) is 309 Å². The Kier molecular flexibility index (Phi) is 69.1. The number of phosphoric ester groups is 2. The first kappa shape index (κ1) is 93.5. The van der Waals surface area contributed by atoms with Crippen molar-refractivity contribution in [2.75, 3.05) is 39.6 Å². The minimum Gasteiger partial charge on any atom is -0.462 e. The molecule has 96 heavy (non-hydrogen) atoms. The minimum absolute atomic E-state index is 0.0939. The molecule has 19 heteroatoms. The molecule has 0 amide bonds. The molecule has 0 aliphatic rings. The van der Waals surface area contributed by atoms with Crippen molar-refractivity contribution in [1.29, 1.82) is 0 Å². The van der Waals surface area contributed by atoms with E-state index in [9.17, 15) is 43.2 Å². The first-order valence-corrected chi connectivity index (χ1v) is 42.6. The molecule has 5 atom stereocenters. The molecule has 0 saturated heterocycles. The Hall–Kier alpha value is -2.46. The number of hydrogen-bond acceptors (Lipinski definition) is 15. The molecular weight excluding hydrogens is 1260 g/mol. The van der Waals surface area contributed by atoms with Crippen LogP contribution in [0.25, 0.3) is 0 Å². The van der Waals surface area contributed by atoms with E-state index in [1.807, 2.05) is 0 Å². The summed E-state index contributed by atoms with van der Waals surface area (Å²) in [6.45, 7) is 4.94. The topological polar surface area (TPSA) is 237 Å². The summed E-state index contributed by atoms with van der Waals surface area (Å²) in [4.78, 5) is 72.9. The van der Waals surface area contributed by atoms with Crippen LogP contribution >= 0.6 is 15.6 Å². The normalized spacial score (nSPS) is 14.0. The molecule has 0 aromatic heterocycles. The van der Waals surface area contributed by atoms with Gasteiger partial charge in [-0.2, -0.15) is 0 Å². The molecule has 0 heterocycles. The first-order chi connectivity index (χ1) is 46.7. The molecule has 3 N–H and O–H groups in total. The summed E-state index contributed by atoms with van der Waals surface area (Å²) < 4.78 is 68.6. The average molecular weight is 1410 g/mol. The van der Waals surface area contributed by atoms with Gasteiger partial charge in [0.05, 0.1) is 26.4 Å². The summed E-state index contributed by atoms with van der Waals surface area (Å²) in [6.07, 6.45) is 64.4. The van der Waals surface area contributed by atoms with Crippen LogP contribution in [-0.4, -0.2) is 96.7 Å². The van der Waals surface area contributed by atoms with Crippen molar-refractivity contribution in [3.63, 3.8) is 0 Å². The fourth-order valence-corrected chi connectivity index (χ4v) is 12.9. The summed E-state index contributed by atoms with van der Waals surface area (Å²) in [5.41, 5.74) is 0. The molecule has 0 radical (unpaired) electrons. The summed E-state index contributed by atoms with van der Waals surface area (Å²) >= 11 is 0. The lowest BCUT2D eigenvalue weighted by molar-refractivity contribution is -0.161. The molecule has 0 aliphatic heterocycles. The highest BCUT2D eigenvalue weighted by Gasteiger charge is 2.30. The fraction of sp³-hybridized carbons (Fsp3) is 0.896. The van der Waals surface area contributed by atoms with Crippen molar-refractivity contribution in [2.45, 2.75) is 406 Å². The number of allylic oxidation sites excluding steroid dienone is 4. The van der Waals surface area contributed by atoms with Crippen LogP contribution in [0.3, 0.4) is 0 Å². The van der Waals surface area contributed by atoms with E-state index < -0.39 is 97.5 Å². The van der Waals surface area contributed by atoms with Crippen molar-refractivity contribution >= 4 is 39.5 Å². The maximum Gasteiger partial charge on any atom is 0.472 e. The number of esters is 4. The summed E-state index contributed by atoms with van der Waals surface area (Å²) in [5, 5.41) is 10.6. The van der Waals surface area contributed by atoms with Crippen molar-refractivity contribution < 1.29 is 80.2 Å². The number of unbranched alkanes of at least 4 members (excludes halogenated alkanes) is 46. The van der Waals surface area contributed by atoms with Gasteiger partial charge in [-0.25, -0.2) is 9.13 Å². The van der Waals surface area contributed by atoms with Gasteiger partial charge in [0.1, 0.15) is 19.3 Å². The molecule has 566 valence electrons. The number of carbonyl (C=O) groups excluding carboxylic acids is 4. The minimum atomic E-state index is -4.96. The van der Waals surface area contributed by atoms with Crippen molar-refractivity contribution in [3.8, 4) is 0 Å². The molecule has 0 spiro atoms. The standard InChI is InChI=1S/C77H146O17P2/c1-5-9-13-17-21-25-29-33-35-39-43-47-51-55-59-63-76(81)93-72(67-87-74(79)61-57-53-49-45-41-37-31-27-23-19-15-11-7-3)69-91-95(83,84)89-65-71(78)66-90-96(85,86)92-70-73(68-88-75(80)62-58-54-50-46-42-38-32-28-24-20-16-12-8-4)94-77(82)64-60-56-52-48-44-40-36-34-30-26-22-18-14-10-6-2/h25,29,34,36,71-73,78H,5-24,26-28,30-33,35,37-70H2,1-4H3,(H,83,84)(H,85,86)/b29-25-,36-34-/t71-,72+,73+/m0/s1. The Morgan fingerprint density at radius 3 is 0.729 bits per heavy atom. The quantitative estimate of drug-likeness (QED) is 0.0169. The second-order valence-corrected chi connectivity index (χ2v) is 29.9. The third kappa shape index (κ3) is 70.0. The van der Waals surface area contributed by atoms with Crippen LogP contribution in [0.5, 0.6) is 0 Å². The van der Waals surface area contributed by atoms with Gasteiger partial charge in [0, 0.05) is 25.7 Å². The predicted molar refractivity (Wildman–Crippen MR) is 391 cm³/mol. The molecule has 17 nitrogen and oxygen atoms in total. The van der Waals surface area contributed by atoms with Gasteiger partial charge in [-0.15, -0.1) is 0 Å². The Morgan fingerprint density at radius 2 is 0.479 bits per heavy atom. The Morgan fingerprint density at radius 1 is 0.281 bits per heavy atom. The van der Waals surface area contributed by atoms with E-state index in [0.717, 1.165) is 128 Å². The van der Waals surface area contributed by atoms with E-state index in [1.54, 1.807) is 0 Å². The van der Waals surface area contributed by atoms with E-state index in [4.69, 9.17) is 37.0 Å². The van der Waals surface area contributed by atoms with Gasteiger partial charge in [-0.3, -0.25) is 37.3 Å². The van der Waals surface area contributed by atoms with Crippen molar-refractivity contribution in [3.05, 3.63) is 24.3 Å². The van der Waals surface area contributed by atoms with E-state index in [-0.39, 0.29) is 25.7 Å². The van der Waals surface area contributed by atoms with Crippen molar-refractivity contribution in [2.24, 2.45) is 0 Å². The number of ether oxygens (including phenoxy) is 4. The van der Waals surface area contributed by atoms with Crippen molar-refractivity contribution in [1.82, 2.24) is 0 Å². The number of rotatable bonds is 76. The van der Waals surface area contributed by atoms with E-state index >= 15 is 0 Å². The third-order valence-corrected chi connectivity index (χ3v) is 19.3. The number of phosphoric acid groups is 2. The number of aliphatic hydroxyl groups is 1. The Labute approximate surface area is 586 Å². The summed E-state index contributed by atoms with van der Waals surface area (Å²) in [7, 11) is -9.92. The molecule has 0 aromatic rings. The molecule has 0 rings (SSSR count). The molecule has 0 saturated carbocycles. The monoisotopic (exact) mass is 1410 g/mol. The first-order valence-electron chi connectivity index (χ1n) is 39.6. The molecule has 0 aliphatic carbocycles. The van der Waals surface area contributed by atoms with Crippen LogP contribution in [0, 0.1) is 0 Å². The lowest BCUT2D eigenvalue weighted by Crippen LogP contribution is -2.30. The summed E-state index contributed by atoms with van der Waals surface area (Å²) in [5.74, 6) is -2.14. The maximum absolute atomic E-state index is 13.1. The number of hydrogen-bond donors (Lipinski definition) is 3. The predicted octanol–water partition coefficient (Wildman–Crippen LogP) is 22.6. The highest BCUT2D eigenvalue weighted by atomic mass is 31.2. The van der Waals surface area contributed by atoms with Crippen LogP contribution in [0.2, 0.25) is 0 Å². The molecule has 0 fully saturated rings. The van der Waals surface area contributed by atoms with Crippen LogP contribution in [0.15, 0.2) is 24.3 Å². The van der Waals surface area contributed by atoms with Gasteiger partial charge in [0.15, 0.2) is 12.2 Å². The zero-order valence-electron chi connectivity index (χ0n) is 61.8. The smallest absolute Gasteiger partial charge is 0.462 e. The van der Waals surface area contributed by atoms with E-state index in [2.05, 4.69) is 52.0 Å². The number of aliphatic hydroxyl groups excluding tert-OH is 1. The molecule has 0 aromatic carbocycles. The fourth-order valence-electron chi connectivity index (χ4n) is 11.3.